The topological polar surface area (TPSA) is 35.5 Å². The van der Waals surface area contributed by atoms with Gasteiger partial charge in [-0.1, -0.05) is 46.3 Å². The Morgan fingerprint density at radius 3 is 2.52 bits per heavy atom. The van der Waals surface area contributed by atoms with Gasteiger partial charge in [0.15, 0.2) is 5.78 Å². The van der Waals surface area contributed by atoms with Crippen LogP contribution in [0.4, 0.5) is 0 Å². The van der Waals surface area contributed by atoms with E-state index < -0.39 is 0 Å². The molecule has 4 heteroatoms. The lowest BCUT2D eigenvalue weighted by Crippen LogP contribution is -2.09. The zero-order valence-electron chi connectivity index (χ0n) is 11.8. The van der Waals surface area contributed by atoms with Crippen LogP contribution in [0.3, 0.4) is 0 Å². The first-order valence-corrected chi connectivity index (χ1v) is 7.51. The van der Waals surface area contributed by atoms with E-state index in [2.05, 4.69) is 15.9 Å². The first-order valence-electron chi connectivity index (χ1n) is 6.72. The number of rotatable bonds is 7. The Kier molecular flexibility index (Phi) is 5.96. The average Bonchev–Trinajstić information content (AvgIpc) is 2.49. The Labute approximate surface area is 133 Å². The Balaban J connectivity index is 1.78. The van der Waals surface area contributed by atoms with Gasteiger partial charge in [0.1, 0.15) is 12.4 Å². The summed E-state index contributed by atoms with van der Waals surface area (Å²) in [5.74, 6) is 0.606. The van der Waals surface area contributed by atoms with Crippen molar-refractivity contribution in [2.45, 2.75) is 13.5 Å². The third-order valence-corrected chi connectivity index (χ3v) is 3.74. The van der Waals surface area contributed by atoms with Gasteiger partial charge in [-0.05, 0) is 30.7 Å². The number of hydrogen-bond donors (Lipinski definition) is 0. The molecule has 0 N–H and O–H groups in total. The summed E-state index contributed by atoms with van der Waals surface area (Å²) in [7, 11) is 0. The van der Waals surface area contributed by atoms with E-state index in [1.807, 2.05) is 36.4 Å². The maximum atomic E-state index is 11.5. The smallest absolute Gasteiger partial charge is 0.163 e. The lowest BCUT2D eigenvalue weighted by molar-refractivity contribution is 0.0872. The van der Waals surface area contributed by atoms with E-state index in [1.165, 1.54) is 6.92 Å². The van der Waals surface area contributed by atoms with Crippen molar-refractivity contribution in [3.8, 4) is 5.75 Å². The molecule has 0 aliphatic rings. The Morgan fingerprint density at radius 1 is 1.05 bits per heavy atom. The quantitative estimate of drug-likeness (QED) is 0.554. The third-order valence-electron chi connectivity index (χ3n) is 2.97. The molecule has 0 bridgehead atoms. The van der Waals surface area contributed by atoms with Crippen LogP contribution in [0.25, 0.3) is 0 Å². The second-order valence-corrected chi connectivity index (χ2v) is 5.40. The molecule has 0 aliphatic carbocycles. The standard InChI is InChI=1S/C17H17BrO3/c1-13(19)15-7-3-5-9-17(15)21-11-10-20-12-14-6-2-4-8-16(14)18/h2-9H,10-12H2,1H3. The highest BCUT2D eigenvalue weighted by Gasteiger charge is 2.07. The van der Waals surface area contributed by atoms with E-state index in [0.717, 1.165) is 10.0 Å². The van der Waals surface area contributed by atoms with E-state index in [1.54, 1.807) is 12.1 Å². The van der Waals surface area contributed by atoms with Crippen molar-refractivity contribution in [3.63, 3.8) is 0 Å². The van der Waals surface area contributed by atoms with E-state index in [-0.39, 0.29) is 5.78 Å². The van der Waals surface area contributed by atoms with Gasteiger partial charge < -0.3 is 9.47 Å². The zero-order valence-corrected chi connectivity index (χ0v) is 13.4. The molecule has 110 valence electrons. The summed E-state index contributed by atoms with van der Waals surface area (Å²) in [5, 5.41) is 0. The van der Waals surface area contributed by atoms with Gasteiger partial charge in [-0.2, -0.15) is 0 Å². The molecule has 21 heavy (non-hydrogen) atoms. The van der Waals surface area contributed by atoms with Crippen molar-refractivity contribution in [2.24, 2.45) is 0 Å². The predicted octanol–water partition coefficient (Wildman–Crippen LogP) is 4.25. The number of para-hydroxylation sites is 1. The molecular formula is C17H17BrO3. The summed E-state index contributed by atoms with van der Waals surface area (Å²) in [6, 6.07) is 15.2. The van der Waals surface area contributed by atoms with Crippen LogP contribution in [0.2, 0.25) is 0 Å². The number of halogens is 1. The van der Waals surface area contributed by atoms with Crippen LogP contribution in [0, 0.1) is 0 Å². The molecule has 2 rings (SSSR count). The van der Waals surface area contributed by atoms with Gasteiger partial charge >= 0.3 is 0 Å². The molecule has 0 aliphatic heterocycles. The minimum atomic E-state index is -0.000246. The summed E-state index contributed by atoms with van der Waals surface area (Å²) in [5.41, 5.74) is 1.70. The number of ketones is 1. The van der Waals surface area contributed by atoms with E-state index in [4.69, 9.17) is 9.47 Å². The van der Waals surface area contributed by atoms with Gasteiger partial charge in [-0.15, -0.1) is 0 Å². The third kappa shape index (κ3) is 4.69. The van der Waals surface area contributed by atoms with Crippen molar-refractivity contribution < 1.29 is 14.3 Å². The monoisotopic (exact) mass is 348 g/mol. The highest BCUT2D eigenvalue weighted by molar-refractivity contribution is 9.10. The van der Waals surface area contributed by atoms with Crippen molar-refractivity contribution >= 4 is 21.7 Å². The summed E-state index contributed by atoms with van der Waals surface area (Å²) in [4.78, 5) is 11.5. The van der Waals surface area contributed by atoms with Crippen molar-refractivity contribution in [3.05, 3.63) is 64.1 Å². The second-order valence-electron chi connectivity index (χ2n) is 4.54. The van der Waals surface area contributed by atoms with Gasteiger partial charge in [-0.3, -0.25) is 4.79 Å². The molecule has 0 amide bonds. The number of benzene rings is 2. The van der Waals surface area contributed by atoms with Crippen molar-refractivity contribution in [1.82, 2.24) is 0 Å². The molecule has 0 unspecified atom stereocenters. The molecule has 3 nitrogen and oxygen atoms in total. The van der Waals surface area contributed by atoms with Gasteiger partial charge in [-0.25, -0.2) is 0 Å². The highest BCUT2D eigenvalue weighted by atomic mass is 79.9. The average molecular weight is 349 g/mol. The molecule has 0 saturated carbocycles. The largest absolute Gasteiger partial charge is 0.490 e. The summed E-state index contributed by atoms with van der Waals surface area (Å²) >= 11 is 3.48. The maximum absolute atomic E-state index is 11.5. The minimum absolute atomic E-state index is 0.000246. The van der Waals surface area contributed by atoms with Gasteiger partial charge in [0, 0.05) is 4.47 Å². The predicted molar refractivity (Wildman–Crippen MR) is 85.7 cm³/mol. The lowest BCUT2D eigenvalue weighted by atomic mass is 10.1. The number of Topliss-reactive ketones (excluding diaryl/α,β-unsaturated/α-hetero) is 1. The fraction of sp³-hybridized carbons (Fsp3) is 0.235. The van der Waals surface area contributed by atoms with Gasteiger partial charge in [0.05, 0.1) is 18.8 Å². The first kappa shape index (κ1) is 15.7. The van der Waals surface area contributed by atoms with Crippen LogP contribution in [0.15, 0.2) is 53.0 Å². The van der Waals surface area contributed by atoms with Crippen LogP contribution >= 0.6 is 15.9 Å². The molecule has 0 heterocycles. The lowest BCUT2D eigenvalue weighted by Gasteiger charge is -2.10. The molecule has 0 fully saturated rings. The van der Waals surface area contributed by atoms with E-state index in [9.17, 15) is 4.79 Å². The number of carbonyl (C=O) groups excluding carboxylic acids is 1. The van der Waals surface area contributed by atoms with Gasteiger partial charge in [0.25, 0.3) is 0 Å². The Morgan fingerprint density at radius 2 is 1.76 bits per heavy atom. The number of ether oxygens (including phenoxy) is 2. The highest BCUT2D eigenvalue weighted by Crippen LogP contribution is 2.19. The zero-order chi connectivity index (χ0) is 15.1. The molecule has 0 saturated heterocycles. The van der Waals surface area contributed by atoms with Crippen LogP contribution in [0.5, 0.6) is 5.75 Å². The Bertz CT molecular complexity index is 610. The molecule has 0 spiro atoms. The van der Waals surface area contributed by atoms with E-state index >= 15 is 0 Å². The summed E-state index contributed by atoms with van der Waals surface area (Å²) < 4.78 is 12.2. The fourth-order valence-corrected chi connectivity index (χ4v) is 2.29. The van der Waals surface area contributed by atoms with Crippen molar-refractivity contribution in [1.29, 1.82) is 0 Å². The molecule has 2 aromatic carbocycles. The summed E-state index contributed by atoms with van der Waals surface area (Å²) in [6.45, 7) is 2.94. The van der Waals surface area contributed by atoms with Crippen LogP contribution in [-0.2, 0) is 11.3 Å². The first-order chi connectivity index (χ1) is 10.2. The molecule has 0 atom stereocenters. The van der Waals surface area contributed by atoms with Crippen LogP contribution in [0.1, 0.15) is 22.8 Å². The molecular weight excluding hydrogens is 332 g/mol. The molecule has 2 aromatic rings. The maximum Gasteiger partial charge on any atom is 0.163 e. The van der Waals surface area contributed by atoms with Crippen LogP contribution < -0.4 is 4.74 Å². The number of hydrogen-bond acceptors (Lipinski definition) is 3. The minimum Gasteiger partial charge on any atom is -0.490 e. The van der Waals surface area contributed by atoms with Gasteiger partial charge in [0.2, 0.25) is 0 Å². The summed E-state index contributed by atoms with van der Waals surface area (Å²) in [6.07, 6.45) is 0. The van der Waals surface area contributed by atoms with Crippen LogP contribution in [-0.4, -0.2) is 19.0 Å². The van der Waals surface area contributed by atoms with Crippen molar-refractivity contribution in [2.75, 3.05) is 13.2 Å². The number of carbonyl (C=O) groups is 1. The normalized spacial score (nSPS) is 10.4. The van der Waals surface area contributed by atoms with E-state index in [0.29, 0.717) is 31.1 Å². The fourth-order valence-electron chi connectivity index (χ4n) is 1.89. The second kappa shape index (κ2) is 7.96. The molecule has 0 aromatic heterocycles. The SMILES string of the molecule is CC(=O)c1ccccc1OCCOCc1ccccc1Br. The molecule has 0 radical (unpaired) electrons. The Hall–Kier alpha value is -1.65.